The molecule has 3 rings (SSSR count). The summed E-state index contributed by atoms with van der Waals surface area (Å²) in [5.74, 6) is -1.06. The number of aromatic amines is 1. The van der Waals surface area contributed by atoms with Crippen molar-refractivity contribution in [2.24, 2.45) is 0 Å². The summed E-state index contributed by atoms with van der Waals surface area (Å²) in [6.45, 7) is 0.595. The Balaban J connectivity index is 1.90. The van der Waals surface area contributed by atoms with Crippen LogP contribution < -0.4 is 0 Å². The Morgan fingerprint density at radius 3 is 3.00 bits per heavy atom. The Hall–Kier alpha value is -2.37. The fourth-order valence-corrected chi connectivity index (χ4v) is 2.78. The normalized spacial score (nSPS) is 18.6. The number of carboxylic acids is 1. The van der Waals surface area contributed by atoms with Crippen LogP contribution in [0.3, 0.4) is 0 Å². The van der Waals surface area contributed by atoms with E-state index < -0.39 is 5.97 Å². The molecule has 2 aromatic rings. The third kappa shape index (κ3) is 2.13. The molecule has 104 valence electrons. The van der Waals surface area contributed by atoms with Crippen molar-refractivity contribution in [3.63, 3.8) is 0 Å². The number of benzene rings is 1. The Bertz CT molecular complexity index is 664. The van der Waals surface area contributed by atoms with Gasteiger partial charge in [0.1, 0.15) is 0 Å². The maximum absolute atomic E-state index is 12.6. The van der Waals surface area contributed by atoms with Gasteiger partial charge in [-0.3, -0.25) is 14.7 Å². The second-order valence-electron chi connectivity index (χ2n) is 5.01. The molecule has 1 aromatic heterocycles. The van der Waals surface area contributed by atoms with Crippen molar-refractivity contribution >= 4 is 22.8 Å². The van der Waals surface area contributed by atoms with E-state index in [1.807, 2.05) is 24.3 Å². The first-order chi connectivity index (χ1) is 9.66. The van der Waals surface area contributed by atoms with Gasteiger partial charge in [-0.1, -0.05) is 18.2 Å². The lowest BCUT2D eigenvalue weighted by atomic mass is 10.1. The van der Waals surface area contributed by atoms with E-state index in [4.69, 9.17) is 5.11 Å². The number of nitrogens with one attached hydrogen (secondary N) is 1. The van der Waals surface area contributed by atoms with Crippen molar-refractivity contribution in [3.8, 4) is 0 Å². The van der Waals surface area contributed by atoms with Crippen molar-refractivity contribution in [2.45, 2.75) is 25.3 Å². The predicted molar refractivity (Wildman–Crippen MR) is 72.4 cm³/mol. The number of likely N-dealkylation sites (tertiary alicyclic amines) is 1. The number of hydrogen-bond acceptors (Lipinski definition) is 3. The number of aliphatic carboxylic acids is 1. The smallest absolute Gasteiger partial charge is 0.305 e. The molecule has 2 N–H and O–H groups in total. The van der Waals surface area contributed by atoms with Crippen LogP contribution in [0.5, 0.6) is 0 Å². The summed E-state index contributed by atoms with van der Waals surface area (Å²) in [6, 6.07) is 7.20. The predicted octanol–water partition coefficient (Wildman–Crippen LogP) is 1.64. The van der Waals surface area contributed by atoms with Crippen LogP contribution in [0.15, 0.2) is 24.3 Å². The molecule has 1 fully saturated rings. The minimum Gasteiger partial charge on any atom is -0.481 e. The fraction of sp³-hybridized carbons (Fsp3) is 0.357. The van der Waals surface area contributed by atoms with E-state index in [2.05, 4.69) is 10.2 Å². The number of fused-ring (bicyclic) bond motifs is 1. The van der Waals surface area contributed by atoms with Gasteiger partial charge in [-0.15, -0.1) is 0 Å². The van der Waals surface area contributed by atoms with Crippen molar-refractivity contribution < 1.29 is 14.7 Å². The van der Waals surface area contributed by atoms with Gasteiger partial charge in [0.25, 0.3) is 5.91 Å². The van der Waals surface area contributed by atoms with E-state index in [1.165, 1.54) is 0 Å². The van der Waals surface area contributed by atoms with Gasteiger partial charge < -0.3 is 10.0 Å². The third-order valence-corrected chi connectivity index (χ3v) is 3.72. The molecule has 0 aliphatic carbocycles. The summed E-state index contributed by atoms with van der Waals surface area (Å²) in [4.78, 5) is 25.1. The molecule has 1 atom stereocenters. The lowest BCUT2D eigenvalue weighted by Gasteiger charge is -2.22. The molecule has 1 saturated heterocycles. The van der Waals surface area contributed by atoms with Gasteiger partial charge in [-0.05, 0) is 18.9 Å². The van der Waals surface area contributed by atoms with E-state index >= 15 is 0 Å². The zero-order valence-corrected chi connectivity index (χ0v) is 10.9. The first-order valence-corrected chi connectivity index (χ1v) is 6.62. The van der Waals surface area contributed by atoms with Crippen molar-refractivity contribution in [1.29, 1.82) is 0 Å². The molecule has 0 saturated carbocycles. The second kappa shape index (κ2) is 4.96. The summed E-state index contributed by atoms with van der Waals surface area (Å²) in [5.41, 5.74) is 1.18. The molecule has 0 radical (unpaired) electrons. The van der Waals surface area contributed by atoms with Crippen molar-refractivity contribution in [2.75, 3.05) is 6.54 Å². The number of nitrogens with zero attached hydrogens (tertiary/aromatic N) is 2. The number of rotatable bonds is 3. The Labute approximate surface area is 115 Å². The molecule has 1 amide bonds. The Morgan fingerprint density at radius 2 is 2.20 bits per heavy atom. The zero-order chi connectivity index (χ0) is 14.1. The van der Waals surface area contributed by atoms with Gasteiger partial charge >= 0.3 is 5.97 Å². The van der Waals surface area contributed by atoms with Gasteiger partial charge in [-0.2, -0.15) is 5.10 Å². The molecule has 1 aliphatic heterocycles. The molecular weight excluding hydrogens is 258 g/mol. The average Bonchev–Trinajstić information content (AvgIpc) is 3.03. The molecule has 0 bridgehead atoms. The van der Waals surface area contributed by atoms with E-state index in [0.717, 1.165) is 23.7 Å². The number of amides is 1. The Morgan fingerprint density at radius 1 is 1.40 bits per heavy atom. The van der Waals surface area contributed by atoms with Gasteiger partial charge in [0.15, 0.2) is 5.69 Å². The van der Waals surface area contributed by atoms with Crippen LogP contribution in [0.4, 0.5) is 0 Å². The summed E-state index contributed by atoms with van der Waals surface area (Å²) in [7, 11) is 0. The van der Waals surface area contributed by atoms with E-state index in [9.17, 15) is 9.59 Å². The number of aromatic nitrogens is 2. The molecule has 0 spiro atoms. The van der Waals surface area contributed by atoms with Gasteiger partial charge in [0.2, 0.25) is 0 Å². The SMILES string of the molecule is O=C(O)CC1CCCN1C(=O)c1n[nH]c2ccccc12. The highest BCUT2D eigenvalue weighted by molar-refractivity contribution is 6.04. The van der Waals surface area contributed by atoms with Gasteiger partial charge in [-0.25, -0.2) is 0 Å². The van der Waals surface area contributed by atoms with Crippen LogP contribution >= 0.6 is 0 Å². The maximum Gasteiger partial charge on any atom is 0.305 e. The minimum absolute atomic E-state index is 0.00586. The monoisotopic (exact) mass is 273 g/mol. The number of hydrogen-bond donors (Lipinski definition) is 2. The zero-order valence-electron chi connectivity index (χ0n) is 10.9. The molecule has 6 nitrogen and oxygen atoms in total. The van der Waals surface area contributed by atoms with Crippen LogP contribution in [0.1, 0.15) is 29.8 Å². The summed E-state index contributed by atoms with van der Waals surface area (Å²) in [6.07, 6.45) is 1.57. The third-order valence-electron chi connectivity index (χ3n) is 3.72. The second-order valence-corrected chi connectivity index (χ2v) is 5.01. The van der Waals surface area contributed by atoms with Gasteiger partial charge in [0.05, 0.1) is 11.9 Å². The average molecular weight is 273 g/mol. The maximum atomic E-state index is 12.6. The highest BCUT2D eigenvalue weighted by atomic mass is 16.4. The topological polar surface area (TPSA) is 86.3 Å². The largest absolute Gasteiger partial charge is 0.481 e. The number of carbonyl (C=O) groups is 2. The van der Waals surface area contributed by atoms with Crippen LogP contribution in [0.25, 0.3) is 10.9 Å². The van der Waals surface area contributed by atoms with E-state index in [0.29, 0.717) is 12.2 Å². The molecule has 20 heavy (non-hydrogen) atoms. The van der Waals surface area contributed by atoms with E-state index in [1.54, 1.807) is 4.90 Å². The Kier molecular flexibility index (Phi) is 3.14. The molecular formula is C14H15N3O3. The molecule has 6 heteroatoms. The first-order valence-electron chi connectivity index (χ1n) is 6.62. The number of para-hydroxylation sites is 1. The van der Waals surface area contributed by atoms with Crippen molar-refractivity contribution in [1.82, 2.24) is 15.1 Å². The number of H-pyrrole nitrogens is 1. The van der Waals surface area contributed by atoms with Crippen LogP contribution in [0, 0.1) is 0 Å². The van der Waals surface area contributed by atoms with E-state index in [-0.39, 0.29) is 18.4 Å². The molecule has 1 aliphatic rings. The minimum atomic E-state index is -0.874. The summed E-state index contributed by atoms with van der Waals surface area (Å²) < 4.78 is 0. The van der Waals surface area contributed by atoms with Crippen molar-refractivity contribution in [3.05, 3.63) is 30.0 Å². The van der Waals surface area contributed by atoms with Gasteiger partial charge in [0, 0.05) is 18.0 Å². The highest BCUT2D eigenvalue weighted by Crippen LogP contribution is 2.24. The molecule has 2 heterocycles. The molecule has 1 aromatic carbocycles. The molecule has 1 unspecified atom stereocenters. The highest BCUT2D eigenvalue weighted by Gasteiger charge is 2.32. The fourth-order valence-electron chi connectivity index (χ4n) is 2.78. The van der Waals surface area contributed by atoms with Crippen LogP contribution in [-0.4, -0.2) is 44.7 Å². The summed E-state index contributed by atoms with van der Waals surface area (Å²) in [5, 5.41) is 16.6. The summed E-state index contributed by atoms with van der Waals surface area (Å²) >= 11 is 0. The van der Waals surface area contributed by atoms with Crippen LogP contribution in [0.2, 0.25) is 0 Å². The lowest BCUT2D eigenvalue weighted by molar-refractivity contribution is -0.137. The quantitative estimate of drug-likeness (QED) is 0.890. The number of carboxylic acid groups (broad SMARTS) is 1. The van der Waals surface area contributed by atoms with Crippen LogP contribution in [-0.2, 0) is 4.79 Å². The lowest BCUT2D eigenvalue weighted by Crippen LogP contribution is -2.37. The first kappa shape index (κ1) is 12.7. The standard InChI is InChI=1S/C14H15N3O3/c18-12(19)8-9-4-3-7-17(9)14(20)13-10-5-1-2-6-11(10)15-16-13/h1-2,5-6,9H,3-4,7-8H2,(H,15,16)(H,18,19). The number of carbonyl (C=O) groups excluding carboxylic acids is 1.